The molecule has 1 heterocycles. The van der Waals surface area contributed by atoms with Crippen molar-refractivity contribution in [1.29, 1.82) is 0 Å². The number of nitrogens with zero attached hydrogens (tertiary/aromatic N) is 1. The molecule has 1 rings (SSSR count). The van der Waals surface area contributed by atoms with Crippen molar-refractivity contribution in [2.45, 2.75) is 13.3 Å². The third-order valence-corrected chi connectivity index (χ3v) is 1.81. The first-order valence-corrected chi connectivity index (χ1v) is 4.68. The monoisotopic (exact) mass is 185 g/mol. The molecule has 0 saturated heterocycles. The molecule has 1 heteroatoms. The van der Waals surface area contributed by atoms with Crippen LogP contribution in [0.1, 0.15) is 12.6 Å². The Bertz CT molecular complexity index is 334. The maximum absolute atomic E-state index is 4.23. The maximum atomic E-state index is 4.23. The van der Waals surface area contributed by atoms with E-state index in [9.17, 15) is 0 Å². The molecule has 0 aliphatic rings. The number of hydrogen-bond donors (Lipinski definition) is 0. The van der Waals surface area contributed by atoms with E-state index in [1.54, 1.807) is 6.08 Å². The van der Waals surface area contributed by atoms with E-state index in [0.717, 1.165) is 12.1 Å². The van der Waals surface area contributed by atoms with E-state index in [4.69, 9.17) is 0 Å². The zero-order valence-electron chi connectivity index (χ0n) is 8.48. The summed E-state index contributed by atoms with van der Waals surface area (Å²) < 4.78 is 0. The Kier molecular flexibility index (Phi) is 4.42. The molecule has 0 spiro atoms. The predicted molar refractivity (Wildman–Crippen MR) is 61.0 cm³/mol. The Morgan fingerprint density at radius 2 is 2.36 bits per heavy atom. The molecule has 0 fully saturated rings. The summed E-state index contributed by atoms with van der Waals surface area (Å²) in [6.07, 6.45) is 10.7. The summed E-state index contributed by atoms with van der Waals surface area (Å²) in [5.41, 5.74) is 2.30. The maximum Gasteiger partial charge on any atom is 0.0441 e. The summed E-state index contributed by atoms with van der Waals surface area (Å²) in [6, 6.07) is 5.95. The van der Waals surface area contributed by atoms with Gasteiger partial charge in [-0.3, -0.25) is 4.98 Å². The zero-order valence-corrected chi connectivity index (χ0v) is 8.48. The topological polar surface area (TPSA) is 12.9 Å². The van der Waals surface area contributed by atoms with Gasteiger partial charge in [0, 0.05) is 18.3 Å². The van der Waals surface area contributed by atoms with Gasteiger partial charge in [0.1, 0.15) is 0 Å². The molecule has 1 nitrogen and oxygen atoms in total. The lowest BCUT2D eigenvalue weighted by Crippen LogP contribution is -1.84. The fourth-order valence-corrected chi connectivity index (χ4v) is 1.13. The molecule has 0 aromatic carbocycles. The van der Waals surface area contributed by atoms with Crippen LogP contribution >= 0.6 is 0 Å². The van der Waals surface area contributed by atoms with Gasteiger partial charge in [-0.05, 0) is 19.1 Å². The van der Waals surface area contributed by atoms with E-state index in [2.05, 4.69) is 30.6 Å². The fourth-order valence-electron chi connectivity index (χ4n) is 1.13. The molecule has 0 saturated carbocycles. The highest BCUT2D eigenvalue weighted by Gasteiger charge is 1.87. The van der Waals surface area contributed by atoms with Crippen LogP contribution < -0.4 is 0 Å². The van der Waals surface area contributed by atoms with Crippen molar-refractivity contribution in [3.8, 4) is 0 Å². The van der Waals surface area contributed by atoms with E-state index in [1.165, 1.54) is 5.57 Å². The lowest BCUT2D eigenvalue weighted by molar-refractivity contribution is 1.11. The van der Waals surface area contributed by atoms with Crippen LogP contribution in [-0.4, -0.2) is 4.98 Å². The van der Waals surface area contributed by atoms with Gasteiger partial charge in [0.15, 0.2) is 0 Å². The Morgan fingerprint density at radius 1 is 1.50 bits per heavy atom. The van der Waals surface area contributed by atoms with Crippen LogP contribution in [0.5, 0.6) is 0 Å². The molecule has 0 bridgehead atoms. The van der Waals surface area contributed by atoms with Gasteiger partial charge in [0.05, 0.1) is 0 Å². The van der Waals surface area contributed by atoms with E-state index in [0.29, 0.717) is 0 Å². The van der Waals surface area contributed by atoms with Crippen molar-refractivity contribution in [3.63, 3.8) is 0 Å². The molecule has 1 aromatic rings. The van der Waals surface area contributed by atoms with Crippen LogP contribution in [0.4, 0.5) is 0 Å². The first kappa shape index (κ1) is 10.5. The van der Waals surface area contributed by atoms with Crippen molar-refractivity contribution >= 4 is 0 Å². The number of rotatable bonds is 4. The molecule has 0 radical (unpaired) electrons. The summed E-state index contributed by atoms with van der Waals surface area (Å²) in [5, 5.41) is 0. The van der Waals surface area contributed by atoms with Gasteiger partial charge in [0.25, 0.3) is 0 Å². The van der Waals surface area contributed by atoms with Crippen LogP contribution in [0, 0.1) is 0 Å². The highest BCUT2D eigenvalue weighted by molar-refractivity contribution is 5.21. The average Bonchev–Trinajstić information content (AvgIpc) is 2.20. The van der Waals surface area contributed by atoms with Gasteiger partial charge in [0.2, 0.25) is 0 Å². The van der Waals surface area contributed by atoms with Crippen molar-refractivity contribution in [2.75, 3.05) is 0 Å². The predicted octanol–water partition coefficient (Wildman–Crippen LogP) is 3.31. The number of pyridine rings is 1. The van der Waals surface area contributed by atoms with Crippen LogP contribution in [-0.2, 0) is 6.42 Å². The Balaban J connectivity index is 2.49. The molecule has 0 amide bonds. The van der Waals surface area contributed by atoms with Gasteiger partial charge in [-0.1, -0.05) is 42.5 Å². The highest BCUT2D eigenvalue weighted by atomic mass is 14.7. The summed E-state index contributed by atoms with van der Waals surface area (Å²) in [5.74, 6) is 0. The molecule has 72 valence electrons. The van der Waals surface area contributed by atoms with Crippen molar-refractivity contribution in [3.05, 3.63) is 66.5 Å². The molecule has 0 aliphatic heterocycles. The van der Waals surface area contributed by atoms with Gasteiger partial charge < -0.3 is 0 Å². The minimum absolute atomic E-state index is 0.878. The second-order valence-electron chi connectivity index (χ2n) is 3.07. The van der Waals surface area contributed by atoms with Crippen molar-refractivity contribution in [2.24, 2.45) is 0 Å². The van der Waals surface area contributed by atoms with E-state index in [1.807, 2.05) is 30.5 Å². The standard InChI is InChI=1S/C13H15N/c1-3-7-12(2)8-6-10-13-9-4-5-11-14-13/h3-9,11H,1,10H2,2H3/b8-6-,12-7-. The lowest BCUT2D eigenvalue weighted by Gasteiger charge is -1.93. The van der Waals surface area contributed by atoms with E-state index in [-0.39, 0.29) is 0 Å². The van der Waals surface area contributed by atoms with Gasteiger partial charge >= 0.3 is 0 Å². The first-order chi connectivity index (χ1) is 6.83. The molecule has 0 N–H and O–H groups in total. The van der Waals surface area contributed by atoms with Crippen molar-refractivity contribution in [1.82, 2.24) is 4.98 Å². The second kappa shape index (κ2) is 5.92. The number of hydrogen-bond acceptors (Lipinski definition) is 1. The van der Waals surface area contributed by atoms with Crippen LogP contribution in [0.2, 0.25) is 0 Å². The zero-order chi connectivity index (χ0) is 10.2. The smallest absolute Gasteiger partial charge is 0.0441 e. The summed E-state index contributed by atoms with van der Waals surface area (Å²) >= 11 is 0. The molecular formula is C13H15N. The Labute approximate surface area is 85.5 Å². The minimum atomic E-state index is 0.878. The first-order valence-electron chi connectivity index (χ1n) is 4.68. The van der Waals surface area contributed by atoms with E-state index >= 15 is 0 Å². The summed E-state index contributed by atoms with van der Waals surface area (Å²) in [6.45, 7) is 5.70. The van der Waals surface area contributed by atoms with Crippen LogP contribution in [0.25, 0.3) is 0 Å². The molecule has 0 unspecified atom stereocenters. The van der Waals surface area contributed by atoms with Gasteiger partial charge in [-0.15, -0.1) is 0 Å². The van der Waals surface area contributed by atoms with Crippen molar-refractivity contribution < 1.29 is 0 Å². The minimum Gasteiger partial charge on any atom is -0.261 e. The third-order valence-electron chi connectivity index (χ3n) is 1.81. The molecule has 0 aliphatic carbocycles. The molecule has 14 heavy (non-hydrogen) atoms. The SMILES string of the molecule is C=C/C=C(C)\C=C/Cc1ccccn1. The summed E-state index contributed by atoms with van der Waals surface area (Å²) in [7, 11) is 0. The van der Waals surface area contributed by atoms with Gasteiger partial charge in [-0.25, -0.2) is 0 Å². The summed E-state index contributed by atoms with van der Waals surface area (Å²) in [4.78, 5) is 4.23. The lowest BCUT2D eigenvalue weighted by atomic mass is 10.2. The number of aromatic nitrogens is 1. The molecule has 1 aromatic heterocycles. The Morgan fingerprint density at radius 3 is 3.00 bits per heavy atom. The Hall–Kier alpha value is -1.63. The molecule has 0 atom stereocenters. The van der Waals surface area contributed by atoms with Crippen LogP contribution in [0.3, 0.4) is 0 Å². The van der Waals surface area contributed by atoms with Crippen LogP contribution in [0.15, 0.2) is 60.9 Å². The second-order valence-corrected chi connectivity index (χ2v) is 3.07. The fraction of sp³-hybridized carbons (Fsp3) is 0.154. The van der Waals surface area contributed by atoms with E-state index < -0.39 is 0 Å². The average molecular weight is 185 g/mol. The highest BCUT2D eigenvalue weighted by Crippen LogP contribution is 1.99. The van der Waals surface area contributed by atoms with Gasteiger partial charge in [-0.2, -0.15) is 0 Å². The quantitative estimate of drug-likeness (QED) is 0.656. The normalized spacial score (nSPS) is 11.9. The number of allylic oxidation sites excluding steroid dienone is 5. The largest absolute Gasteiger partial charge is 0.261 e. The molecular weight excluding hydrogens is 170 g/mol. The third kappa shape index (κ3) is 3.85.